The first-order chi connectivity index (χ1) is 16.7. The van der Waals surface area contributed by atoms with Crippen LogP contribution < -0.4 is 10.1 Å². The molecule has 4 aromatic rings. The zero-order chi connectivity index (χ0) is 25.0. The Bertz CT molecular complexity index is 1360. The molecule has 0 fully saturated rings. The maximum absolute atomic E-state index is 14.7. The van der Waals surface area contributed by atoms with E-state index in [0.717, 1.165) is 30.0 Å². The van der Waals surface area contributed by atoms with Gasteiger partial charge in [-0.3, -0.25) is 10.1 Å². The molecule has 35 heavy (non-hydrogen) atoms. The van der Waals surface area contributed by atoms with E-state index in [4.69, 9.17) is 4.74 Å². The molecule has 0 amide bonds. The molecular formula is C24H16F4N4O3. The van der Waals surface area contributed by atoms with Gasteiger partial charge in [-0.15, -0.1) is 0 Å². The molecular weight excluding hydrogens is 468 g/mol. The number of alkyl halides is 3. The van der Waals surface area contributed by atoms with Crippen LogP contribution in [0.1, 0.15) is 11.1 Å². The molecule has 0 unspecified atom stereocenters. The molecule has 4 rings (SSSR count). The van der Waals surface area contributed by atoms with Crippen molar-refractivity contribution in [2.75, 3.05) is 5.32 Å². The van der Waals surface area contributed by atoms with Crippen molar-refractivity contribution in [3.8, 4) is 17.1 Å². The second-order valence-electron chi connectivity index (χ2n) is 7.30. The number of nitrogens with one attached hydrogen (secondary N) is 1. The molecule has 1 N–H and O–H groups in total. The Morgan fingerprint density at radius 2 is 1.77 bits per heavy atom. The summed E-state index contributed by atoms with van der Waals surface area (Å²) in [6.07, 6.45) is -3.74. The van der Waals surface area contributed by atoms with Gasteiger partial charge >= 0.3 is 11.9 Å². The lowest BCUT2D eigenvalue weighted by Crippen LogP contribution is -2.06. The fraction of sp³-hybridized carbons (Fsp3) is 0.0833. The maximum atomic E-state index is 14.7. The van der Waals surface area contributed by atoms with Crippen LogP contribution in [0.2, 0.25) is 0 Å². The second kappa shape index (κ2) is 9.75. The van der Waals surface area contributed by atoms with E-state index in [9.17, 15) is 27.7 Å². The van der Waals surface area contributed by atoms with Crippen molar-refractivity contribution >= 4 is 17.2 Å². The third kappa shape index (κ3) is 5.69. The van der Waals surface area contributed by atoms with Crippen molar-refractivity contribution in [3.05, 3.63) is 106 Å². The lowest BCUT2D eigenvalue weighted by molar-refractivity contribution is -0.384. The van der Waals surface area contributed by atoms with Gasteiger partial charge in [-0.05, 0) is 29.8 Å². The average Bonchev–Trinajstić information content (AvgIpc) is 2.84. The number of hydrogen-bond donors (Lipinski definition) is 1. The largest absolute Gasteiger partial charge is 0.489 e. The zero-order valence-electron chi connectivity index (χ0n) is 17.8. The van der Waals surface area contributed by atoms with Crippen molar-refractivity contribution in [1.82, 2.24) is 9.97 Å². The number of nitro groups is 1. The quantitative estimate of drug-likeness (QED) is 0.182. The summed E-state index contributed by atoms with van der Waals surface area (Å²) < 4.78 is 59.4. The molecule has 0 bridgehead atoms. The minimum absolute atomic E-state index is 0.0112. The highest BCUT2D eigenvalue weighted by atomic mass is 19.4. The van der Waals surface area contributed by atoms with Gasteiger partial charge in [0.1, 0.15) is 24.4 Å². The summed E-state index contributed by atoms with van der Waals surface area (Å²) in [6, 6.07) is 17.3. The van der Waals surface area contributed by atoms with Crippen LogP contribution >= 0.6 is 0 Å². The summed E-state index contributed by atoms with van der Waals surface area (Å²) in [6.45, 7) is 0.213. The molecule has 1 aromatic heterocycles. The minimum atomic E-state index is -4.59. The average molecular weight is 484 g/mol. The highest BCUT2D eigenvalue weighted by Gasteiger charge is 2.31. The van der Waals surface area contributed by atoms with E-state index in [-0.39, 0.29) is 35.2 Å². The first-order valence-corrected chi connectivity index (χ1v) is 10.1. The summed E-state index contributed by atoms with van der Waals surface area (Å²) in [5.41, 5.74) is -0.779. The summed E-state index contributed by atoms with van der Waals surface area (Å²) in [4.78, 5) is 18.4. The number of hydrogen-bond acceptors (Lipinski definition) is 6. The Morgan fingerprint density at radius 1 is 1.00 bits per heavy atom. The first-order valence-electron chi connectivity index (χ1n) is 10.1. The molecule has 0 saturated carbocycles. The minimum Gasteiger partial charge on any atom is -0.489 e. The highest BCUT2D eigenvalue weighted by molar-refractivity contribution is 5.69. The van der Waals surface area contributed by atoms with Crippen molar-refractivity contribution in [1.29, 1.82) is 0 Å². The van der Waals surface area contributed by atoms with E-state index < -0.39 is 28.2 Å². The molecule has 178 valence electrons. The lowest BCUT2D eigenvalue weighted by Gasteiger charge is -2.12. The van der Waals surface area contributed by atoms with Gasteiger partial charge in [-0.25, -0.2) is 14.4 Å². The van der Waals surface area contributed by atoms with Crippen LogP contribution in [-0.2, 0) is 12.8 Å². The van der Waals surface area contributed by atoms with Crippen LogP contribution in [0.25, 0.3) is 11.4 Å². The first kappa shape index (κ1) is 23.6. The van der Waals surface area contributed by atoms with E-state index in [2.05, 4.69) is 15.3 Å². The van der Waals surface area contributed by atoms with Gasteiger partial charge in [0, 0.05) is 11.6 Å². The van der Waals surface area contributed by atoms with Crippen LogP contribution in [0.4, 0.5) is 34.8 Å². The standard InChI is InChI=1S/C24H16F4N4O3/c25-19-12-18(35-14-15-5-2-1-3-6-15)9-10-20(19)30-23-21(32(33)34)13-29-22(31-23)16-7-4-8-17(11-16)24(26,27)28/h1-13H,14H2,(H,29,30,31). The van der Waals surface area contributed by atoms with E-state index in [1.54, 1.807) is 0 Å². The Kier molecular flexibility index (Phi) is 6.58. The number of rotatable bonds is 7. The third-order valence-corrected chi connectivity index (χ3v) is 4.86. The molecule has 0 aliphatic carbocycles. The second-order valence-corrected chi connectivity index (χ2v) is 7.30. The monoisotopic (exact) mass is 484 g/mol. The molecule has 7 nitrogen and oxygen atoms in total. The topological polar surface area (TPSA) is 90.2 Å². The van der Waals surface area contributed by atoms with Crippen molar-refractivity contribution in [2.24, 2.45) is 0 Å². The van der Waals surface area contributed by atoms with Crippen molar-refractivity contribution in [2.45, 2.75) is 12.8 Å². The number of anilines is 2. The van der Waals surface area contributed by atoms with Gasteiger partial charge in [-0.1, -0.05) is 42.5 Å². The van der Waals surface area contributed by atoms with E-state index in [0.29, 0.717) is 0 Å². The van der Waals surface area contributed by atoms with Crippen LogP contribution in [0.3, 0.4) is 0 Å². The highest BCUT2D eigenvalue weighted by Crippen LogP contribution is 2.33. The van der Waals surface area contributed by atoms with Gasteiger partial charge in [0.2, 0.25) is 5.82 Å². The van der Waals surface area contributed by atoms with Crippen molar-refractivity contribution < 1.29 is 27.2 Å². The predicted molar refractivity (Wildman–Crippen MR) is 120 cm³/mol. The number of ether oxygens (including phenoxy) is 1. The van der Waals surface area contributed by atoms with Crippen LogP contribution in [0, 0.1) is 15.9 Å². The molecule has 11 heteroatoms. The van der Waals surface area contributed by atoms with E-state index >= 15 is 0 Å². The smallest absolute Gasteiger partial charge is 0.416 e. The fourth-order valence-corrected chi connectivity index (χ4v) is 3.13. The maximum Gasteiger partial charge on any atom is 0.416 e. The molecule has 0 spiro atoms. The molecule has 0 aliphatic rings. The number of aromatic nitrogens is 2. The molecule has 0 aliphatic heterocycles. The predicted octanol–water partition coefficient (Wildman–Crippen LogP) is 6.53. The van der Waals surface area contributed by atoms with Gasteiger partial charge in [0.05, 0.1) is 16.2 Å². The molecule has 1 heterocycles. The van der Waals surface area contributed by atoms with E-state index in [1.165, 1.54) is 24.3 Å². The Hall–Kier alpha value is -4.54. The summed E-state index contributed by atoms with van der Waals surface area (Å²) in [5, 5.41) is 14.0. The summed E-state index contributed by atoms with van der Waals surface area (Å²) in [7, 11) is 0. The third-order valence-electron chi connectivity index (χ3n) is 4.86. The van der Waals surface area contributed by atoms with Gasteiger partial charge in [0.25, 0.3) is 0 Å². The normalized spacial score (nSPS) is 11.2. The summed E-state index contributed by atoms with van der Waals surface area (Å²) in [5.74, 6) is -1.12. The van der Waals surface area contributed by atoms with E-state index in [1.807, 2.05) is 30.3 Å². The number of benzene rings is 3. The van der Waals surface area contributed by atoms with Gasteiger partial charge in [0.15, 0.2) is 5.82 Å². The molecule has 0 atom stereocenters. The van der Waals surface area contributed by atoms with Crippen LogP contribution in [0.5, 0.6) is 5.75 Å². The number of nitrogens with zero attached hydrogens (tertiary/aromatic N) is 3. The zero-order valence-corrected chi connectivity index (χ0v) is 17.8. The van der Waals surface area contributed by atoms with Crippen LogP contribution in [-0.4, -0.2) is 14.9 Å². The number of halogens is 4. The fourth-order valence-electron chi connectivity index (χ4n) is 3.13. The molecule has 0 radical (unpaired) electrons. The molecule has 3 aromatic carbocycles. The van der Waals surface area contributed by atoms with Gasteiger partial charge in [-0.2, -0.15) is 13.2 Å². The van der Waals surface area contributed by atoms with Crippen LogP contribution in [0.15, 0.2) is 79.0 Å². The Morgan fingerprint density at radius 3 is 2.46 bits per heavy atom. The summed E-state index contributed by atoms with van der Waals surface area (Å²) >= 11 is 0. The van der Waals surface area contributed by atoms with Crippen molar-refractivity contribution in [3.63, 3.8) is 0 Å². The SMILES string of the molecule is O=[N+]([O-])c1cnc(-c2cccc(C(F)(F)F)c2)nc1Nc1ccc(OCc2ccccc2)cc1F. The lowest BCUT2D eigenvalue weighted by atomic mass is 10.1. The van der Waals surface area contributed by atoms with Gasteiger partial charge < -0.3 is 10.1 Å². The Labute approximate surface area is 196 Å². The molecule has 0 saturated heterocycles. The Balaban J connectivity index is 1.60.